The van der Waals surface area contributed by atoms with Gasteiger partial charge in [0.1, 0.15) is 5.01 Å². The first-order chi connectivity index (χ1) is 11.1. The normalized spacial score (nSPS) is 13.7. The lowest BCUT2D eigenvalue weighted by molar-refractivity contribution is -0.111. The van der Waals surface area contributed by atoms with Crippen molar-refractivity contribution in [1.29, 1.82) is 0 Å². The fourth-order valence-electron chi connectivity index (χ4n) is 2.18. The zero-order valence-corrected chi connectivity index (χ0v) is 13.0. The van der Waals surface area contributed by atoms with Crippen LogP contribution in [0.1, 0.15) is 32.6 Å². The first kappa shape index (κ1) is 15.0. The zero-order valence-electron chi connectivity index (χ0n) is 12.1. The van der Waals surface area contributed by atoms with Gasteiger partial charge in [0, 0.05) is 0 Å². The number of benzene rings is 1. The number of hydrogen-bond donors (Lipinski definition) is 1. The molecule has 2 heterocycles. The van der Waals surface area contributed by atoms with Crippen LogP contribution in [0.15, 0.2) is 36.4 Å². The minimum Gasteiger partial charge on any atom is -0.297 e. The molecule has 0 radical (unpaired) electrons. The molecule has 1 aliphatic rings. The third-order valence-corrected chi connectivity index (χ3v) is 4.01. The van der Waals surface area contributed by atoms with Gasteiger partial charge < -0.3 is 0 Å². The first-order valence-electron chi connectivity index (χ1n) is 6.81. The molecular weight excluding hydrogens is 316 g/mol. The Balaban J connectivity index is 1.74. The molecule has 23 heavy (non-hydrogen) atoms. The highest BCUT2D eigenvalue weighted by molar-refractivity contribution is 7.15. The minimum absolute atomic E-state index is 0.0313. The number of fused-ring (bicyclic) bond motifs is 1. The van der Waals surface area contributed by atoms with Crippen molar-refractivity contribution in [2.24, 2.45) is 0 Å². The van der Waals surface area contributed by atoms with Crippen LogP contribution in [-0.2, 0) is 11.3 Å². The average Bonchev–Trinajstić information content (AvgIpc) is 3.07. The predicted octanol–water partition coefficient (Wildman–Crippen LogP) is 1.85. The maximum atomic E-state index is 12.3. The van der Waals surface area contributed by atoms with Crippen molar-refractivity contribution < 1.29 is 14.4 Å². The summed E-state index contributed by atoms with van der Waals surface area (Å²) in [4.78, 5) is 37.1. The number of carbonyl (C=O) groups is 3. The summed E-state index contributed by atoms with van der Waals surface area (Å²) >= 11 is 1.12. The highest BCUT2D eigenvalue weighted by atomic mass is 32.1. The van der Waals surface area contributed by atoms with Gasteiger partial charge in [-0.15, -0.1) is 10.2 Å². The van der Waals surface area contributed by atoms with Crippen LogP contribution in [-0.4, -0.2) is 32.8 Å². The van der Waals surface area contributed by atoms with Crippen LogP contribution < -0.4 is 5.32 Å². The second-order valence-corrected chi connectivity index (χ2v) is 5.79. The topological polar surface area (TPSA) is 92.3 Å². The molecule has 1 N–H and O–H groups in total. The first-order valence-corrected chi connectivity index (χ1v) is 7.63. The van der Waals surface area contributed by atoms with Crippen LogP contribution >= 0.6 is 11.3 Å². The van der Waals surface area contributed by atoms with Gasteiger partial charge in [-0.25, -0.2) is 0 Å². The average molecular weight is 328 g/mol. The summed E-state index contributed by atoms with van der Waals surface area (Å²) in [6.45, 7) is 1.76. The number of imide groups is 1. The quantitative estimate of drug-likeness (QED) is 0.683. The second kappa shape index (κ2) is 6.09. The Hall–Kier alpha value is -2.87. The van der Waals surface area contributed by atoms with E-state index in [0.717, 1.165) is 16.2 Å². The molecule has 0 aliphatic carbocycles. The number of allylic oxidation sites excluding steroid dienone is 1. The van der Waals surface area contributed by atoms with Crippen molar-refractivity contribution in [2.75, 3.05) is 5.32 Å². The molecule has 2 aromatic rings. The highest BCUT2D eigenvalue weighted by Crippen LogP contribution is 2.25. The van der Waals surface area contributed by atoms with Gasteiger partial charge in [-0.05, 0) is 25.1 Å². The number of aromatic nitrogens is 2. The van der Waals surface area contributed by atoms with E-state index in [1.807, 2.05) is 0 Å². The Kier molecular flexibility index (Phi) is 3.98. The van der Waals surface area contributed by atoms with E-state index >= 15 is 0 Å². The summed E-state index contributed by atoms with van der Waals surface area (Å²) in [6.07, 6.45) is 2.97. The van der Waals surface area contributed by atoms with Crippen molar-refractivity contribution in [3.05, 3.63) is 52.6 Å². The maximum absolute atomic E-state index is 12.3. The van der Waals surface area contributed by atoms with Crippen LogP contribution in [0.4, 0.5) is 5.13 Å². The summed E-state index contributed by atoms with van der Waals surface area (Å²) in [5.74, 6) is -1.00. The number of amides is 3. The smallest absolute Gasteiger partial charge is 0.261 e. The Morgan fingerprint density at radius 1 is 1.22 bits per heavy atom. The van der Waals surface area contributed by atoms with Crippen LogP contribution in [0.2, 0.25) is 0 Å². The Morgan fingerprint density at radius 2 is 1.87 bits per heavy atom. The molecule has 8 heteroatoms. The molecule has 0 atom stereocenters. The molecule has 3 amide bonds. The van der Waals surface area contributed by atoms with E-state index < -0.39 is 0 Å². The second-order valence-electron chi connectivity index (χ2n) is 4.73. The molecule has 3 rings (SSSR count). The van der Waals surface area contributed by atoms with Crippen LogP contribution in [0.3, 0.4) is 0 Å². The predicted molar refractivity (Wildman–Crippen MR) is 84.0 cm³/mol. The highest BCUT2D eigenvalue weighted by Gasteiger charge is 2.35. The molecule has 116 valence electrons. The molecule has 0 bridgehead atoms. The van der Waals surface area contributed by atoms with E-state index in [2.05, 4.69) is 15.5 Å². The van der Waals surface area contributed by atoms with Crippen LogP contribution in [0.25, 0.3) is 0 Å². The van der Waals surface area contributed by atoms with Gasteiger partial charge in [0.2, 0.25) is 11.0 Å². The Labute approximate surface area is 135 Å². The van der Waals surface area contributed by atoms with Crippen molar-refractivity contribution in [2.45, 2.75) is 13.5 Å². The third-order valence-electron chi connectivity index (χ3n) is 3.19. The van der Waals surface area contributed by atoms with Crippen LogP contribution in [0, 0.1) is 0 Å². The summed E-state index contributed by atoms with van der Waals surface area (Å²) in [6, 6.07) is 6.68. The van der Waals surface area contributed by atoms with E-state index in [9.17, 15) is 14.4 Å². The van der Waals surface area contributed by atoms with Gasteiger partial charge in [0.25, 0.3) is 11.8 Å². The van der Waals surface area contributed by atoms with Gasteiger partial charge in [-0.1, -0.05) is 29.5 Å². The number of hydrogen-bond acceptors (Lipinski definition) is 6. The molecule has 0 saturated carbocycles. The summed E-state index contributed by atoms with van der Waals surface area (Å²) in [5.41, 5.74) is 0.784. The monoisotopic (exact) mass is 328 g/mol. The molecule has 0 spiro atoms. The molecule has 1 aliphatic heterocycles. The zero-order chi connectivity index (χ0) is 16.4. The van der Waals surface area contributed by atoms with E-state index in [1.54, 1.807) is 37.3 Å². The number of carbonyl (C=O) groups excluding carboxylic acids is 3. The maximum Gasteiger partial charge on any atom is 0.261 e. The van der Waals surface area contributed by atoms with E-state index in [-0.39, 0.29) is 24.3 Å². The summed E-state index contributed by atoms with van der Waals surface area (Å²) in [5, 5.41) is 11.1. The van der Waals surface area contributed by atoms with Crippen molar-refractivity contribution in [1.82, 2.24) is 15.1 Å². The van der Waals surface area contributed by atoms with E-state index in [4.69, 9.17) is 0 Å². The Morgan fingerprint density at radius 3 is 2.48 bits per heavy atom. The molecule has 1 aromatic carbocycles. The molecular formula is C15H12N4O3S. The molecule has 0 fully saturated rings. The number of nitrogens with zero attached hydrogens (tertiary/aromatic N) is 3. The van der Waals surface area contributed by atoms with E-state index in [1.165, 1.54) is 6.08 Å². The molecule has 1 aromatic heterocycles. The van der Waals surface area contributed by atoms with Crippen molar-refractivity contribution in [3.8, 4) is 0 Å². The largest absolute Gasteiger partial charge is 0.297 e. The van der Waals surface area contributed by atoms with E-state index in [0.29, 0.717) is 21.3 Å². The standard InChI is InChI=1S/C15H12N4O3S/c1-2-5-11(20)16-15-18-17-12(23-15)8-19-13(21)9-6-3-4-7-10(9)14(19)22/h2-7H,8H2,1H3,(H,16,18,20)/b5-2+. The number of nitrogens with one attached hydrogen (secondary N) is 1. The van der Waals surface area contributed by atoms with Gasteiger partial charge >= 0.3 is 0 Å². The van der Waals surface area contributed by atoms with Gasteiger partial charge in [0.15, 0.2) is 0 Å². The third kappa shape index (κ3) is 2.88. The van der Waals surface area contributed by atoms with Gasteiger partial charge in [-0.2, -0.15) is 0 Å². The number of anilines is 1. The molecule has 0 unspecified atom stereocenters. The molecule has 7 nitrogen and oxygen atoms in total. The SMILES string of the molecule is C/C=C/C(=O)Nc1nnc(CN2C(=O)c3ccccc3C2=O)s1. The van der Waals surface area contributed by atoms with Gasteiger partial charge in [0.05, 0.1) is 17.7 Å². The fourth-order valence-corrected chi connectivity index (χ4v) is 2.92. The van der Waals surface area contributed by atoms with Gasteiger partial charge in [-0.3, -0.25) is 24.6 Å². The minimum atomic E-state index is -0.347. The lowest BCUT2D eigenvalue weighted by Crippen LogP contribution is -2.29. The Bertz CT molecular complexity index is 793. The lowest BCUT2D eigenvalue weighted by Gasteiger charge is -2.10. The number of rotatable bonds is 4. The summed E-state index contributed by atoms with van der Waals surface area (Å²) < 4.78 is 0. The lowest BCUT2D eigenvalue weighted by atomic mass is 10.1. The van der Waals surface area contributed by atoms with Crippen molar-refractivity contribution >= 4 is 34.2 Å². The fraction of sp³-hybridized carbons (Fsp3) is 0.133. The summed E-state index contributed by atoms with van der Waals surface area (Å²) in [7, 11) is 0. The van der Waals surface area contributed by atoms with Crippen molar-refractivity contribution in [3.63, 3.8) is 0 Å². The molecule has 0 saturated heterocycles. The van der Waals surface area contributed by atoms with Crippen LogP contribution in [0.5, 0.6) is 0 Å².